The molecule has 196 valence electrons. The molecule has 0 radical (unpaired) electrons. The molecule has 36 heavy (non-hydrogen) atoms. The van der Waals surface area contributed by atoms with Crippen molar-refractivity contribution in [1.82, 2.24) is 5.32 Å². The van der Waals surface area contributed by atoms with Crippen LogP contribution < -0.4 is 14.8 Å². The molecule has 4 rings (SSSR count). The lowest BCUT2D eigenvalue weighted by Gasteiger charge is -2.18. The predicted molar refractivity (Wildman–Crippen MR) is 152 cm³/mol. The summed E-state index contributed by atoms with van der Waals surface area (Å²) in [7, 11) is -8.69. The molecule has 2 heterocycles. The minimum absolute atomic E-state index is 0.487. The average molecular weight is 703 g/mol. The molecule has 0 amide bonds. The third kappa shape index (κ3) is 7.98. The number of benzene rings is 2. The quantitative estimate of drug-likeness (QED) is 0.232. The number of anilines is 1. The molecule has 0 bridgehead atoms. The van der Waals surface area contributed by atoms with Crippen LogP contribution in [0, 0.1) is 0 Å². The molecule has 3 aromatic rings. The summed E-state index contributed by atoms with van der Waals surface area (Å²) in [6.07, 6.45) is 1.65. The summed E-state index contributed by atoms with van der Waals surface area (Å²) >= 11 is 9.31. The second-order valence-corrected chi connectivity index (χ2v) is 14.3. The summed E-state index contributed by atoms with van der Waals surface area (Å²) in [5.74, 6) is -1.33. The summed E-state index contributed by atoms with van der Waals surface area (Å²) in [4.78, 5) is 2.22. The van der Waals surface area contributed by atoms with Gasteiger partial charge in [0.15, 0.2) is 5.88 Å². The van der Waals surface area contributed by atoms with E-state index in [0.29, 0.717) is 21.2 Å². The maximum atomic E-state index is 11.7. The van der Waals surface area contributed by atoms with Gasteiger partial charge in [-0.3, -0.25) is 9.11 Å². The molecule has 0 aliphatic carbocycles. The SMILES string of the molecule is CCNCC.O=S(=O)(O)CN1C(=Cc2sc3ccc(Br)cc3[n+]2CS(=O)(=O)O)Sc2ccc(Br)cc21. The van der Waals surface area contributed by atoms with Gasteiger partial charge in [-0.2, -0.15) is 21.4 Å². The second kappa shape index (κ2) is 12.2. The molecule has 0 fully saturated rings. The number of hydrogen-bond donors (Lipinski definition) is 3. The summed E-state index contributed by atoms with van der Waals surface area (Å²) in [5.41, 5.74) is 1.18. The van der Waals surface area contributed by atoms with E-state index in [0.717, 1.165) is 31.6 Å². The van der Waals surface area contributed by atoms with E-state index in [9.17, 15) is 25.9 Å². The van der Waals surface area contributed by atoms with E-state index in [1.165, 1.54) is 32.6 Å². The van der Waals surface area contributed by atoms with Crippen LogP contribution in [0.4, 0.5) is 5.69 Å². The van der Waals surface area contributed by atoms with Crippen molar-refractivity contribution in [2.45, 2.75) is 24.6 Å². The van der Waals surface area contributed by atoms with Gasteiger partial charge in [-0.25, -0.2) is 0 Å². The topological polar surface area (TPSA) is 128 Å². The highest BCUT2D eigenvalue weighted by molar-refractivity contribution is 9.10. The van der Waals surface area contributed by atoms with Crippen molar-refractivity contribution in [3.8, 4) is 0 Å². The highest BCUT2D eigenvalue weighted by Crippen LogP contribution is 2.48. The fourth-order valence-electron chi connectivity index (χ4n) is 3.31. The number of fused-ring (bicyclic) bond motifs is 2. The molecule has 1 aliphatic heterocycles. The Morgan fingerprint density at radius 1 is 1.00 bits per heavy atom. The molecule has 1 aliphatic rings. The van der Waals surface area contributed by atoms with E-state index in [-0.39, 0.29) is 0 Å². The van der Waals surface area contributed by atoms with Crippen molar-refractivity contribution in [2.75, 3.05) is 23.9 Å². The zero-order valence-electron chi connectivity index (χ0n) is 19.2. The first-order valence-electron chi connectivity index (χ1n) is 10.5. The molecule has 1 aromatic heterocycles. The molecular formula is C21H24Br2N3O6S4+. The van der Waals surface area contributed by atoms with Gasteiger partial charge in [-0.05, 0) is 43.4 Å². The number of nitrogens with zero attached hydrogens (tertiary/aromatic N) is 2. The zero-order valence-corrected chi connectivity index (χ0v) is 25.6. The number of hydrogen-bond acceptors (Lipinski definition) is 8. The summed E-state index contributed by atoms with van der Waals surface area (Å²) in [6, 6.07) is 10.7. The summed E-state index contributed by atoms with van der Waals surface area (Å²) in [6.45, 7) is 6.39. The highest BCUT2D eigenvalue weighted by atomic mass is 79.9. The van der Waals surface area contributed by atoms with Crippen LogP contribution in [0.15, 0.2) is 55.3 Å². The minimum atomic E-state index is -4.35. The maximum absolute atomic E-state index is 11.7. The van der Waals surface area contributed by atoms with Crippen molar-refractivity contribution in [3.05, 3.63) is 55.4 Å². The molecule has 15 heteroatoms. The van der Waals surface area contributed by atoms with Crippen LogP contribution in [0.25, 0.3) is 16.3 Å². The lowest BCUT2D eigenvalue weighted by molar-refractivity contribution is -0.649. The first-order chi connectivity index (χ1) is 16.8. The number of aromatic nitrogens is 1. The molecule has 0 unspecified atom stereocenters. The molecule has 0 atom stereocenters. The van der Waals surface area contributed by atoms with E-state index in [4.69, 9.17) is 0 Å². The van der Waals surface area contributed by atoms with Crippen LogP contribution in [-0.2, 0) is 26.1 Å². The monoisotopic (exact) mass is 700 g/mol. The van der Waals surface area contributed by atoms with Gasteiger partial charge in [0.05, 0.1) is 16.8 Å². The Balaban J connectivity index is 0.000000658. The lowest BCUT2D eigenvalue weighted by Crippen LogP contribution is -2.39. The van der Waals surface area contributed by atoms with E-state index in [2.05, 4.69) is 51.0 Å². The summed E-state index contributed by atoms with van der Waals surface area (Å²) < 4.78 is 69.3. The molecule has 0 saturated carbocycles. The smallest absolute Gasteiger partial charge is 0.317 e. The number of halogens is 2. The lowest BCUT2D eigenvalue weighted by atomic mass is 10.3. The normalized spacial score (nSPS) is 14.7. The van der Waals surface area contributed by atoms with Crippen LogP contribution in [0.5, 0.6) is 0 Å². The Morgan fingerprint density at radius 3 is 2.22 bits per heavy atom. The Kier molecular flexibility index (Phi) is 10.0. The Morgan fingerprint density at radius 2 is 1.64 bits per heavy atom. The number of thioether (sulfide) groups is 1. The number of nitrogens with one attached hydrogen (secondary N) is 1. The molecule has 2 aromatic carbocycles. The fraction of sp³-hybridized carbons (Fsp3) is 0.286. The minimum Gasteiger partial charge on any atom is -0.317 e. The summed E-state index contributed by atoms with van der Waals surface area (Å²) in [5, 5.41) is 4.08. The van der Waals surface area contributed by atoms with Crippen LogP contribution >= 0.6 is 55.0 Å². The van der Waals surface area contributed by atoms with Crippen LogP contribution in [0.2, 0.25) is 0 Å². The average Bonchev–Trinajstić information content (AvgIpc) is 3.25. The fourth-order valence-corrected chi connectivity index (χ4v) is 7.61. The predicted octanol–water partition coefficient (Wildman–Crippen LogP) is 4.93. The Bertz CT molecular complexity index is 1510. The van der Waals surface area contributed by atoms with E-state index in [1.807, 2.05) is 24.3 Å². The Labute approximate surface area is 235 Å². The van der Waals surface area contributed by atoms with Gasteiger partial charge in [-0.15, -0.1) is 0 Å². The first kappa shape index (κ1) is 29.5. The number of thiazole rings is 1. The third-order valence-electron chi connectivity index (χ3n) is 4.72. The van der Waals surface area contributed by atoms with Gasteiger partial charge in [0.25, 0.3) is 21.0 Å². The maximum Gasteiger partial charge on any atom is 0.326 e. The third-order valence-corrected chi connectivity index (χ3v) is 9.10. The van der Waals surface area contributed by atoms with Crippen molar-refractivity contribution in [1.29, 1.82) is 0 Å². The van der Waals surface area contributed by atoms with Gasteiger partial charge in [0.2, 0.25) is 5.52 Å². The second-order valence-electron chi connectivity index (χ2n) is 7.48. The molecule has 0 spiro atoms. The molecule has 9 nitrogen and oxygen atoms in total. The standard InChI is InChI=1S/C17H12Br2N2O6S4.C4H11N/c18-10-1-3-14-12(5-10)20(8-30(22,23)24)16(28-14)7-17-21(9-31(25,26)27)13-6-11(19)2-4-15(13)29-17;1-3-5-4-2/h1-7H,8-9H2,(H-,22,23,24,25,26,27);5H,3-4H2,1-2H3/p+1. The molecular weight excluding hydrogens is 678 g/mol. The zero-order chi connectivity index (χ0) is 26.7. The molecule has 0 saturated heterocycles. The molecule has 3 N–H and O–H groups in total. The highest BCUT2D eigenvalue weighted by Gasteiger charge is 2.31. The van der Waals surface area contributed by atoms with E-state index in [1.54, 1.807) is 18.2 Å². The van der Waals surface area contributed by atoms with Crippen LogP contribution in [0.1, 0.15) is 18.9 Å². The first-order valence-corrected chi connectivity index (χ1v) is 16.9. The van der Waals surface area contributed by atoms with Crippen molar-refractivity contribution in [2.24, 2.45) is 0 Å². The van der Waals surface area contributed by atoms with Crippen LogP contribution in [-0.4, -0.2) is 44.9 Å². The van der Waals surface area contributed by atoms with Crippen LogP contribution in [0.3, 0.4) is 0 Å². The van der Waals surface area contributed by atoms with E-state index >= 15 is 0 Å². The van der Waals surface area contributed by atoms with Gasteiger partial charge in [0, 0.05) is 19.9 Å². The van der Waals surface area contributed by atoms with E-state index < -0.39 is 32.0 Å². The van der Waals surface area contributed by atoms with Gasteiger partial charge in [-0.1, -0.05) is 68.8 Å². The Hall–Kier alpha value is -1.04. The van der Waals surface area contributed by atoms with Gasteiger partial charge >= 0.3 is 10.1 Å². The van der Waals surface area contributed by atoms with Crippen molar-refractivity contribution in [3.63, 3.8) is 0 Å². The van der Waals surface area contributed by atoms with Gasteiger partial charge < -0.3 is 10.2 Å². The van der Waals surface area contributed by atoms with Gasteiger partial charge in [0.1, 0.15) is 4.70 Å². The van der Waals surface area contributed by atoms with Crippen molar-refractivity contribution >= 4 is 97.2 Å². The number of rotatable bonds is 7. The van der Waals surface area contributed by atoms with Crippen molar-refractivity contribution < 1.29 is 30.5 Å². The largest absolute Gasteiger partial charge is 0.326 e.